The van der Waals surface area contributed by atoms with E-state index in [1.165, 1.54) is 18.6 Å². The van der Waals surface area contributed by atoms with Crippen LogP contribution >= 0.6 is 0 Å². The molecule has 0 aliphatic heterocycles. The third kappa shape index (κ3) is 3.32. The van der Waals surface area contributed by atoms with E-state index >= 15 is 0 Å². The van der Waals surface area contributed by atoms with Crippen LogP contribution in [-0.4, -0.2) is 33.8 Å². The molecule has 1 N–H and O–H groups in total. The fraction of sp³-hybridized carbons (Fsp3) is 0.267. The number of hydrogen-bond acceptors (Lipinski definition) is 4. The Morgan fingerprint density at radius 2 is 2.15 bits per heavy atom. The molecule has 5 nitrogen and oxygen atoms in total. The average molecular weight is 270 g/mol. The molecule has 0 aliphatic rings. The normalized spacial score (nSPS) is 11.2. The molecular formula is C15H18N4O. The minimum Gasteiger partial charge on any atom is -0.357 e. The summed E-state index contributed by atoms with van der Waals surface area (Å²) in [6, 6.07) is 4.28. The summed E-state index contributed by atoms with van der Waals surface area (Å²) in [6.45, 7) is 4.22. The van der Waals surface area contributed by atoms with Crippen LogP contribution in [0.4, 0.5) is 5.82 Å². The van der Waals surface area contributed by atoms with Crippen LogP contribution in [0.25, 0.3) is 6.08 Å². The van der Waals surface area contributed by atoms with E-state index in [9.17, 15) is 4.79 Å². The number of allylic oxidation sites excluding steroid dienone is 1. The maximum Gasteiger partial charge on any atom is 0.203 e. The number of pyridine rings is 1. The van der Waals surface area contributed by atoms with E-state index in [0.29, 0.717) is 11.7 Å². The molecule has 2 aromatic rings. The number of aromatic amines is 1. The number of ketones is 1. The average Bonchev–Trinajstić information content (AvgIpc) is 2.98. The lowest BCUT2D eigenvalue weighted by atomic mass is 10.2. The summed E-state index contributed by atoms with van der Waals surface area (Å²) in [5, 5.41) is 0. The topological polar surface area (TPSA) is 61.9 Å². The highest BCUT2D eigenvalue weighted by Gasteiger charge is 2.05. The van der Waals surface area contributed by atoms with Gasteiger partial charge in [0.15, 0.2) is 0 Å². The first-order valence-corrected chi connectivity index (χ1v) is 6.47. The zero-order valence-corrected chi connectivity index (χ0v) is 11.9. The summed E-state index contributed by atoms with van der Waals surface area (Å²) < 4.78 is 0. The summed E-state index contributed by atoms with van der Waals surface area (Å²) in [6.07, 6.45) is 8.00. The SMILES string of the molecule is CC(C)N(C)c1ccc(C=CC(=O)c2cnc[nH]2)cn1. The van der Waals surface area contributed by atoms with Crippen LogP contribution in [0, 0.1) is 0 Å². The monoisotopic (exact) mass is 270 g/mol. The highest BCUT2D eigenvalue weighted by Crippen LogP contribution is 2.13. The number of H-pyrrole nitrogens is 1. The third-order valence-electron chi connectivity index (χ3n) is 3.10. The molecular weight excluding hydrogens is 252 g/mol. The molecule has 20 heavy (non-hydrogen) atoms. The second-order valence-electron chi connectivity index (χ2n) is 4.82. The van der Waals surface area contributed by atoms with E-state index in [1.54, 1.807) is 12.3 Å². The molecule has 0 unspecified atom stereocenters. The number of imidazole rings is 1. The van der Waals surface area contributed by atoms with Crippen molar-refractivity contribution in [3.8, 4) is 0 Å². The van der Waals surface area contributed by atoms with Crippen molar-refractivity contribution < 1.29 is 4.79 Å². The molecule has 2 rings (SSSR count). The summed E-state index contributed by atoms with van der Waals surface area (Å²) in [4.78, 5) is 24.8. The van der Waals surface area contributed by atoms with Crippen molar-refractivity contribution in [1.29, 1.82) is 0 Å². The van der Waals surface area contributed by atoms with Crippen LogP contribution < -0.4 is 4.90 Å². The first kappa shape index (κ1) is 14.0. The quantitative estimate of drug-likeness (QED) is 0.670. The Morgan fingerprint density at radius 3 is 2.70 bits per heavy atom. The number of carbonyl (C=O) groups excluding carboxylic acids is 1. The van der Waals surface area contributed by atoms with Gasteiger partial charge < -0.3 is 9.88 Å². The van der Waals surface area contributed by atoms with Gasteiger partial charge in [-0.15, -0.1) is 0 Å². The minimum absolute atomic E-state index is 0.106. The standard InChI is InChI=1S/C15H18N4O/c1-11(2)19(3)15-7-5-12(8-17-15)4-6-14(20)13-9-16-10-18-13/h4-11H,1-3H3,(H,16,18). The van der Waals surface area contributed by atoms with E-state index in [-0.39, 0.29) is 5.78 Å². The van der Waals surface area contributed by atoms with Crippen molar-refractivity contribution in [1.82, 2.24) is 15.0 Å². The van der Waals surface area contributed by atoms with E-state index in [0.717, 1.165) is 11.4 Å². The number of carbonyl (C=O) groups is 1. The lowest BCUT2D eigenvalue weighted by molar-refractivity contribution is 0.104. The first-order valence-electron chi connectivity index (χ1n) is 6.47. The maximum absolute atomic E-state index is 11.8. The predicted molar refractivity (Wildman–Crippen MR) is 79.7 cm³/mol. The number of nitrogens with one attached hydrogen (secondary N) is 1. The van der Waals surface area contributed by atoms with Crippen LogP contribution in [0.15, 0.2) is 36.9 Å². The summed E-state index contributed by atoms with van der Waals surface area (Å²) in [7, 11) is 2.00. The Hall–Kier alpha value is -2.43. The van der Waals surface area contributed by atoms with E-state index in [2.05, 4.69) is 33.7 Å². The number of hydrogen-bond donors (Lipinski definition) is 1. The lowest BCUT2D eigenvalue weighted by Gasteiger charge is -2.22. The summed E-state index contributed by atoms with van der Waals surface area (Å²) in [5.74, 6) is 0.808. The molecule has 0 atom stereocenters. The van der Waals surface area contributed by atoms with Gasteiger partial charge in [-0.3, -0.25) is 4.79 Å². The maximum atomic E-state index is 11.8. The number of anilines is 1. The Labute approximate surface area is 118 Å². The molecule has 0 aromatic carbocycles. The van der Waals surface area contributed by atoms with Gasteiger partial charge in [-0.05, 0) is 43.7 Å². The minimum atomic E-state index is -0.106. The van der Waals surface area contributed by atoms with Crippen molar-refractivity contribution in [2.75, 3.05) is 11.9 Å². The largest absolute Gasteiger partial charge is 0.357 e. The van der Waals surface area contributed by atoms with Crippen molar-refractivity contribution in [3.05, 3.63) is 48.2 Å². The van der Waals surface area contributed by atoms with E-state index < -0.39 is 0 Å². The predicted octanol–water partition coefficient (Wildman–Crippen LogP) is 2.55. The van der Waals surface area contributed by atoms with Gasteiger partial charge in [0.2, 0.25) is 5.78 Å². The van der Waals surface area contributed by atoms with Gasteiger partial charge in [-0.1, -0.05) is 0 Å². The number of nitrogens with zero attached hydrogens (tertiary/aromatic N) is 3. The van der Waals surface area contributed by atoms with Crippen molar-refractivity contribution in [3.63, 3.8) is 0 Å². The number of aromatic nitrogens is 3. The van der Waals surface area contributed by atoms with Crippen LogP contribution in [0.2, 0.25) is 0 Å². The van der Waals surface area contributed by atoms with Gasteiger partial charge in [0.1, 0.15) is 11.5 Å². The molecule has 5 heteroatoms. The zero-order chi connectivity index (χ0) is 14.5. The fourth-order valence-electron chi connectivity index (χ4n) is 1.62. The van der Waals surface area contributed by atoms with Gasteiger partial charge in [0.05, 0.1) is 12.5 Å². The smallest absolute Gasteiger partial charge is 0.203 e. The molecule has 0 bridgehead atoms. The summed E-state index contributed by atoms with van der Waals surface area (Å²) >= 11 is 0. The molecule has 0 saturated heterocycles. The second-order valence-corrected chi connectivity index (χ2v) is 4.82. The van der Waals surface area contributed by atoms with Gasteiger partial charge in [0.25, 0.3) is 0 Å². The zero-order valence-electron chi connectivity index (χ0n) is 11.9. The third-order valence-corrected chi connectivity index (χ3v) is 3.10. The number of rotatable bonds is 5. The van der Waals surface area contributed by atoms with E-state index in [4.69, 9.17) is 0 Å². The Morgan fingerprint density at radius 1 is 1.35 bits per heavy atom. The van der Waals surface area contributed by atoms with Gasteiger partial charge in [0, 0.05) is 19.3 Å². The highest BCUT2D eigenvalue weighted by atomic mass is 16.1. The summed E-state index contributed by atoms with van der Waals surface area (Å²) in [5.41, 5.74) is 1.36. The van der Waals surface area contributed by atoms with Crippen LogP contribution in [0.3, 0.4) is 0 Å². The van der Waals surface area contributed by atoms with E-state index in [1.807, 2.05) is 19.2 Å². The Kier molecular flexibility index (Phi) is 4.30. The molecule has 0 radical (unpaired) electrons. The second kappa shape index (κ2) is 6.14. The molecule has 0 aliphatic carbocycles. The molecule has 0 fully saturated rings. The van der Waals surface area contributed by atoms with Crippen molar-refractivity contribution in [2.45, 2.75) is 19.9 Å². The van der Waals surface area contributed by atoms with Gasteiger partial charge in [-0.2, -0.15) is 0 Å². The van der Waals surface area contributed by atoms with Crippen molar-refractivity contribution >= 4 is 17.7 Å². The Bertz CT molecular complexity index is 585. The molecule has 104 valence electrons. The Balaban J connectivity index is 2.06. The fourth-order valence-corrected chi connectivity index (χ4v) is 1.62. The van der Waals surface area contributed by atoms with Gasteiger partial charge in [-0.25, -0.2) is 9.97 Å². The van der Waals surface area contributed by atoms with Crippen LogP contribution in [-0.2, 0) is 0 Å². The highest BCUT2D eigenvalue weighted by molar-refractivity contribution is 6.05. The van der Waals surface area contributed by atoms with Crippen LogP contribution in [0.5, 0.6) is 0 Å². The lowest BCUT2D eigenvalue weighted by Crippen LogP contribution is -2.26. The first-order chi connectivity index (χ1) is 9.58. The molecule has 0 saturated carbocycles. The molecule has 2 heterocycles. The molecule has 2 aromatic heterocycles. The molecule has 0 spiro atoms. The van der Waals surface area contributed by atoms with Gasteiger partial charge >= 0.3 is 0 Å². The molecule has 0 amide bonds. The van der Waals surface area contributed by atoms with Crippen molar-refractivity contribution in [2.24, 2.45) is 0 Å². The van der Waals surface area contributed by atoms with Crippen LogP contribution in [0.1, 0.15) is 29.9 Å².